The quantitative estimate of drug-likeness (QED) is 0.777. The van der Waals surface area contributed by atoms with Crippen LogP contribution in [0.5, 0.6) is 0 Å². The molecule has 1 fully saturated rings. The van der Waals surface area contributed by atoms with E-state index in [-0.39, 0.29) is 12.5 Å². The number of nitrogens with one attached hydrogen (secondary N) is 1. The fourth-order valence-corrected chi connectivity index (χ4v) is 1.72. The van der Waals surface area contributed by atoms with Crippen molar-refractivity contribution in [3.8, 4) is 0 Å². The van der Waals surface area contributed by atoms with E-state index < -0.39 is 23.3 Å². The van der Waals surface area contributed by atoms with E-state index in [1.165, 1.54) is 18.7 Å². The summed E-state index contributed by atoms with van der Waals surface area (Å²) in [6.45, 7) is 6.00. The molecule has 19 heavy (non-hydrogen) atoms. The van der Waals surface area contributed by atoms with Crippen LogP contribution < -0.4 is 5.32 Å². The van der Waals surface area contributed by atoms with E-state index in [0.29, 0.717) is 19.7 Å². The summed E-state index contributed by atoms with van der Waals surface area (Å²) in [7, 11) is 0. The average molecular weight is 272 g/mol. The third-order valence-electron chi connectivity index (χ3n) is 2.96. The molecular weight excluding hydrogens is 252 g/mol. The number of nitrogens with zero attached hydrogens (tertiary/aromatic N) is 1. The van der Waals surface area contributed by atoms with Gasteiger partial charge in [0.15, 0.2) is 0 Å². The Morgan fingerprint density at radius 2 is 2.05 bits per heavy atom. The first kappa shape index (κ1) is 15.4. The second-order valence-corrected chi connectivity index (χ2v) is 5.35. The van der Waals surface area contributed by atoms with Crippen molar-refractivity contribution in [2.75, 3.05) is 19.7 Å². The van der Waals surface area contributed by atoms with Gasteiger partial charge in [-0.3, -0.25) is 14.9 Å². The number of carbonyl (C=O) groups excluding carboxylic acids is 2. The molecule has 1 heterocycles. The first-order valence-corrected chi connectivity index (χ1v) is 6.16. The maximum absolute atomic E-state index is 11.8. The minimum absolute atomic E-state index is 0.0648. The van der Waals surface area contributed by atoms with Gasteiger partial charge in [-0.2, -0.15) is 0 Å². The van der Waals surface area contributed by atoms with Gasteiger partial charge in [-0.25, -0.2) is 4.79 Å². The predicted octanol–water partition coefficient (Wildman–Crippen LogP) is 0.444. The average Bonchev–Trinajstić information content (AvgIpc) is 2.27. The molecule has 1 saturated heterocycles. The standard InChI is InChI=1S/C12H20N2O5/c1-8-7-14(4-5-19-8)11(18)13-9(15)6-12(2,3)10(16)17/h8H,4-7H2,1-3H3,(H,16,17)(H,13,15,18). The summed E-state index contributed by atoms with van der Waals surface area (Å²) in [4.78, 5) is 35.8. The number of carbonyl (C=O) groups is 3. The van der Waals surface area contributed by atoms with Crippen molar-refractivity contribution in [1.29, 1.82) is 0 Å². The molecule has 0 radical (unpaired) electrons. The largest absolute Gasteiger partial charge is 0.481 e. The molecule has 1 atom stereocenters. The highest BCUT2D eigenvalue weighted by Crippen LogP contribution is 2.20. The van der Waals surface area contributed by atoms with E-state index in [1.54, 1.807) is 0 Å². The van der Waals surface area contributed by atoms with Crippen molar-refractivity contribution in [2.45, 2.75) is 33.3 Å². The second kappa shape index (κ2) is 6.01. The fraction of sp³-hybridized carbons (Fsp3) is 0.750. The summed E-state index contributed by atoms with van der Waals surface area (Å²) < 4.78 is 5.29. The number of urea groups is 1. The van der Waals surface area contributed by atoms with E-state index in [1.807, 2.05) is 6.92 Å². The number of hydrogen-bond acceptors (Lipinski definition) is 4. The molecule has 7 nitrogen and oxygen atoms in total. The Morgan fingerprint density at radius 3 is 2.58 bits per heavy atom. The first-order valence-electron chi connectivity index (χ1n) is 6.16. The van der Waals surface area contributed by atoms with Gasteiger partial charge >= 0.3 is 12.0 Å². The number of carboxylic acid groups (broad SMARTS) is 1. The number of rotatable bonds is 3. The molecule has 2 N–H and O–H groups in total. The van der Waals surface area contributed by atoms with Crippen molar-refractivity contribution < 1.29 is 24.2 Å². The van der Waals surface area contributed by atoms with Gasteiger partial charge in [0.05, 0.1) is 18.1 Å². The van der Waals surface area contributed by atoms with Gasteiger partial charge in [0.1, 0.15) is 0 Å². The number of morpholine rings is 1. The van der Waals surface area contributed by atoms with Gasteiger partial charge < -0.3 is 14.7 Å². The van der Waals surface area contributed by atoms with Crippen molar-refractivity contribution >= 4 is 17.9 Å². The lowest BCUT2D eigenvalue weighted by Crippen LogP contribution is -2.50. The Morgan fingerprint density at radius 1 is 1.42 bits per heavy atom. The minimum Gasteiger partial charge on any atom is -0.481 e. The third-order valence-corrected chi connectivity index (χ3v) is 2.96. The van der Waals surface area contributed by atoms with E-state index in [4.69, 9.17) is 9.84 Å². The summed E-state index contributed by atoms with van der Waals surface area (Å²) >= 11 is 0. The smallest absolute Gasteiger partial charge is 0.324 e. The molecule has 1 aliphatic heterocycles. The molecule has 0 aliphatic carbocycles. The highest BCUT2D eigenvalue weighted by Gasteiger charge is 2.31. The molecular formula is C12H20N2O5. The Hall–Kier alpha value is -1.63. The lowest BCUT2D eigenvalue weighted by molar-refractivity contribution is -0.149. The molecule has 1 aliphatic rings. The van der Waals surface area contributed by atoms with Gasteiger partial charge in [0.25, 0.3) is 0 Å². The van der Waals surface area contributed by atoms with Gasteiger partial charge in [0, 0.05) is 19.5 Å². The molecule has 1 unspecified atom stereocenters. The molecule has 0 aromatic rings. The van der Waals surface area contributed by atoms with Crippen LogP contribution in [0.2, 0.25) is 0 Å². The highest BCUT2D eigenvalue weighted by atomic mass is 16.5. The second-order valence-electron chi connectivity index (χ2n) is 5.35. The first-order chi connectivity index (χ1) is 8.72. The number of amides is 3. The molecule has 3 amide bonds. The fourth-order valence-electron chi connectivity index (χ4n) is 1.72. The zero-order valence-corrected chi connectivity index (χ0v) is 11.4. The lowest BCUT2D eigenvalue weighted by atomic mass is 9.89. The van der Waals surface area contributed by atoms with Crippen molar-refractivity contribution in [3.63, 3.8) is 0 Å². The van der Waals surface area contributed by atoms with Crippen LogP contribution >= 0.6 is 0 Å². The number of aliphatic carboxylic acids is 1. The van der Waals surface area contributed by atoms with E-state index >= 15 is 0 Å². The van der Waals surface area contributed by atoms with Crippen LogP contribution in [0.1, 0.15) is 27.2 Å². The summed E-state index contributed by atoms with van der Waals surface area (Å²) in [5, 5.41) is 11.1. The topological polar surface area (TPSA) is 95.9 Å². The van der Waals surface area contributed by atoms with Crippen LogP contribution in [-0.4, -0.2) is 53.7 Å². The Bertz CT molecular complexity index is 380. The Kier molecular flexibility index (Phi) is 4.88. The van der Waals surface area contributed by atoms with Crippen molar-refractivity contribution in [1.82, 2.24) is 10.2 Å². The van der Waals surface area contributed by atoms with Crippen LogP contribution in [0.4, 0.5) is 4.79 Å². The van der Waals surface area contributed by atoms with E-state index in [9.17, 15) is 14.4 Å². The zero-order chi connectivity index (χ0) is 14.6. The summed E-state index contributed by atoms with van der Waals surface area (Å²) in [6.07, 6.45) is -0.307. The molecule has 0 aromatic heterocycles. The normalized spacial score (nSPS) is 19.9. The Labute approximate surface area is 111 Å². The highest BCUT2D eigenvalue weighted by molar-refractivity contribution is 5.96. The molecule has 1 rings (SSSR count). The maximum atomic E-state index is 11.8. The minimum atomic E-state index is -1.19. The SMILES string of the molecule is CC1CN(C(=O)NC(=O)CC(C)(C)C(=O)O)CCO1. The van der Waals surface area contributed by atoms with Crippen LogP contribution in [0.3, 0.4) is 0 Å². The molecule has 108 valence electrons. The van der Waals surface area contributed by atoms with Gasteiger partial charge in [-0.05, 0) is 20.8 Å². The summed E-state index contributed by atoms with van der Waals surface area (Å²) in [5.74, 6) is -1.66. The molecule has 0 aromatic carbocycles. The maximum Gasteiger partial charge on any atom is 0.324 e. The van der Waals surface area contributed by atoms with Crippen LogP contribution in [0, 0.1) is 5.41 Å². The summed E-state index contributed by atoms with van der Waals surface area (Å²) in [5.41, 5.74) is -1.19. The Balaban J connectivity index is 2.48. The van der Waals surface area contributed by atoms with Crippen LogP contribution in [0.25, 0.3) is 0 Å². The van der Waals surface area contributed by atoms with Gasteiger partial charge in [-0.1, -0.05) is 0 Å². The van der Waals surface area contributed by atoms with Crippen LogP contribution in [-0.2, 0) is 14.3 Å². The van der Waals surface area contributed by atoms with E-state index in [2.05, 4.69) is 5.32 Å². The zero-order valence-electron chi connectivity index (χ0n) is 11.4. The third kappa shape index (κ3) is 4.51. The van der Waals surface area contributed by atoms with Crippen LogP contribution in [0.15, 0.2) is 0 Å². The van der Waals surface area contributed by atoms with E-state index in [0.717, 1.165) is 0 Å². The number of ether oxygens (including phenoxy) is 1. The molecule has 7 heteroatoms. The predicted molar refractivity (Wildman–Crippen MR) is 66.6 cm³/mol. The summed E-state index contributed by atoms with van der Waals surface area (Å²) in [6, 6.07) is -0.499. The monoisotopic (exact) mass is 272 g/mol. The number of hydrogen-bond donors (Lipinski definition) is 2. The molecule has 0 saturated carbocycles. The van der Waals surface area contributed by atoms with Crippen molar-refractivity contribution in [2.24, 2.45) is 5.41 Å². The van der Waals surface area contributed by atoms with Gasteiger partial charge in [-0.15, -0.1) is 0 Å². The number of imide groups is 1. The number of carboxylic acids is 1. The lowest BCUT2D eigenvalue weighted by Gasteiger charge is -2.31. The molecule has 0 spiro atoms. The molecule has 0 bridgehead atoms. The van der Waals surface area contributed by atoms with Crippen molar-refractivity contribution in [3.05, 3.63) is 0 Å². The van der Waals surface area contributed by atoms with Gasteiger partial charge in [0.2, 0.25) is 5.91 Å².